The minimum Gasteiger partial charge on any atom is -0.443 e. The molecule has 0 unspecified atom stereocenters. The summed E-state index contributed by atoms with van der Waals surface area (Å²) < 4.78 is 33.6. The molecule has 0 aromatic carbocycles. The monoisotopic (exact) mass is 396 g/mol. The quantitative estimate of drug-likeness (QED) is 0.710. The molecule has 3 heterocycles. The molecule has 10 nitrogen and oxygen atoms in total. The highest BCUT2D eigenvalue weighted by atomic mass is 32.2. The highest BCUT2D eigenvalue weighted by Gasteiger charge is 2.27. The number of nitrogens with one attached hydrogen (secondary N) is 3. The van der Waals surface area contributed by atoms with Crippen LogP contribution in [0.4, 0.5) is 10.6 Å². The summed E-state index contributed by atoms with van der Waals surface area (Å²) in [4.78, 5) is 25.4. The molecular formula is C16H24N6O4S. The van der Waals surface area contributed by atoms with Gasteiger partial charge in [-0.15, -0.1) is 0 Å². The summed E-state index contributed by atoms with van der Waals surface area (Å²) >= 11 is 0. The number of carbonyl (C=O) groups is 1. The summed E-state index contributed by atoms with van der Waals surface area (Å²) in [6.07, 6.45) is 3.50. The summed E-state index contributed by atoms with van der Waals surface area (Å²) in [5, 5.41) is 0.933. The Labute approximate surface area is 157 Å². The molecule has 0 radical (unpaired) electrons. The van der Waals surface area contributed by atoms with E-state index in [1.807, 2.05) is 17.0 Å². The van der Waals surface area contributed by atoms with Crippen molar-refractivity contribution in [2.75, 3.05) is 18.0 Å². The molecule has 3 N–H and O–H groups in total. The maximum Gasteiger partial charge on any atom is 0.422 e. The van der Waals surface area contributed by atoms with Crippen molar-refractivity contribution in [2.24, 2.45) is 0 Å². The van der Waals surface area contributed by atoms with E-state index in [-0.39, 0.29) is 6.04 Å². The van der Waals surface area contributed by atoms with E-state index in [1.54, 1.807) is 20.8 Å². The van der Waals surface area contributed by atoms with Gasteiger partial charge in [-0.1, -0.05) is 0 Å². The van der Waals surface area contributed by atoms with Crippen LogP contribution >= 0.6 is 0 Å². The largest absolute Gasteiger partial charge is 0.443 e. The number of amides is 1. The number of fused-ring (bicyclic) bond motifs is 1. The molecular weight excluding hydrogens is 372 g/mol. The van der Waals surface area contributed by atoms with Crippen molar-refractivity contribution >= 4 is 33.2 Å². The molecule has 2 aromatic heterocycles. The lowest BCUT2D eigenvalue weighted by atomic mass is 10.1. The molecule has 0 aliphatic carbocycles. The number of nitrogens with zero attached hydrogens (tertiary/aromatic N) is 3. The van der Waals surface area contributed by atoms with E-state index in [9.17, 15) is 13.2 Å². The number of ether oxygens (including phenoxy) is 1. The Hall–Kier alpha value is -2.40. The van der Waals surface area contributed by atoms with Crippen molar-refractivity contribution in [3.63, 3.8) is 0 Å². The zero-order chi connectivity index (χ0) is 19.7. The predicted octanol–water partition coefficient (Wildman–Crippen LogP) is 1.29. The summed E-state index contributed by atoms with van der Waals surface area (Å²) in [5.41, 5.74) is -0.00383. The first-order valence-corrected chi connectivity index (χ1v) is 10.2. The second-order valence-corrected chi connectivity index (χ2v) is 8.87. The number of hydrogen-bond donors (Lipinski definition) is 3. The number of carbonyl (C=O) groups excluding carboxylic acids is 1. The van der Waals surface area contributed by atoms with Gasteiger partial charge >= 0.3 is 16.3 Å². The number of rotatable bonds is 4. The van der Waals surface area contributed by atoms with Crippen molar-refractivity contribution in [3.05, 3.63) is 18.6 Å². The Balaban J connectivity index is 1.56. The minimum atomic E-state index is -3.98. The standard InChI is InChI=1S/C16H24N6O4S/c1-16(2,3)26-15(23)21-27(24,25)20-11-5-8-22(9-6-11)14-12-4-7-17-13(12)18-10-19-14/h4,7,10-11,20H,5-6,8-9H2,1-3H3,(H,21,23)(H,17,18,19). The number of anilines is 1. The molecule has 11 heteroatoms. The van der Waals surface area contributed by atoms with E-state index in [2.05, 4.69) is 24.6 Å². The third kappa shape index (κ3) is 5.07. The van der Waals surface area contributed by atoms with E-state index in [0.717, 1.165) is 16.9 Å². The molecule has 2 aromatic rings. The van der Waals surface area contributed by atoms with Gasteiger partial charge in [0.2, 0.25) is 0 Å². The fourth-order valence-electron chi connectivity index (χ4n) is 2.98. The molecule has 1 amide bonds. The number of H-pyrrole nitrogens is 1. The minimum absolute atomic E-state index is 0.273. The van der Waals surface area contributed by atoms with Crippen molar-refractivity contribution in [2.45, 2.75) is 45.3 Å². The number of piperidine rings is 1. The Kier molecular flexibility index (Phi) is 5.24. The Morgan fingerprint density at radius 1 is 1.30 bits per heavy atom. The van der Waals surface area contributed by atoms with Gasteiger partial charge in [0.05, 0.1) is 5.39 Å². The lowest BCUT2D eigenvalue weighted by Gasteiger charge is -2.33. The highest BCUT2D eigenvalue weighted by Crippen LogP contribution is 2.25. The van der Waals surface area contributed by atoms with Crippen LogP contribution in [0.3, 0.4) is 0 Å². The normalized spacial score (nSPS) is 16.5. The highest BCUT2D eigenvalue weighted by molar-refractivity contribution is 7.88. The van der Waals surface area contributed by atoms with Crippen molar-refractivity contribution in [3.8, 4) is 0 Å². The van der Waals surface area contributed by atoms with Gasteiger partial charge in [0.25, 0.3) is 0 Å². The number of aromatic amines is 1. The SMILES string of the molecule is CC(C)(C)OC(=O)NS(=O)(=O)NC1CCN(c2ncnc3[nH]ccc23)CC1. The topological polar surface area (TPSA) is 129 Å². The van der Waals surface area contributed by atoms with Gasteiger partial charge in [-0.25, -0.2) is 19.5 Å². The van der Waals surface area contributed by atoms with Gasteiger partial charge in [0.1, 0.15) is 23.4 Å². The van der Waals surface area contributed by atoms with E-state index >= 15 is 0 Å². The van der Waals surface area contributed by atoms with Crippen molar-refractivity contribution < 1.29 is 17.9 Å². The van der Waals surface area contributed by atoms with Gasteiger partial charge in [0.15, 0.2) is 0 Å². The number of aromatic nitrogens is 3. The zero-order valence-electron chi connectivity index (χ0n) is 15.5. The van der Waals surface area contributed by atoms with Crippen LogP contribution in [-0.4, -0.2) is 54.2 Å². The maximum atomic E-state index is 12.1. The van der Waals surface area contributed by atoms with Gasteiger partial charge in [-0.05, 0) is 39.7 Å². The van der Waals surface area contributed by atoms with Gasteiger partial charge in [-0.3, -0.25) is 0 Å². The molecule has 1 aliphatic rings. The van der Waals surface area contributed by atoms with Crippen LogP contribution in [0.15, 0.2) is 18.6 Å². The molecule has 1 aliphatic heterocycles. The fourth-order valence-corrected chi connectivity index (χ4v) is 3.97. The van der Waals surface area contributed by atoms with E-state index in [1.165, 1.54) is 6.33 Å². The van der Waals surface area contributed by atoms with Gasteiger partial charge < -0.3 is 14.6 Å². The molecule has 3 rings (SSSR count). The molecule has 0 atom stereocenters. The summed E-state index contributed by atoms with van der Waals surface area (Å²) in [6, 6.07) is 1.65. The number of hydrogen-bond acceptors (Lipinski definition) is 7. The molecule has 0 bridgehead atoms. The first kappa shape index (κ1) is 19.4. The molecule has 148 valence electrons. The van der Waals surface area contributed by atoms with Crippen LogP contribution in [0.5, 0.6) is 0 Å². The van der Waals surface area contributed by atoms with Gasteiger partial charge in [0, 0.05) is 25.3 Å². The van der Waals surface area contributed by atoms with E-state index in [4.69, 9.17) is 4.74 Å². The average molecular weight is 396 g/mol. The Morgan fingerprint density at radius 2 is 2.00 bits per heavy atom. The van der Waals surface area contributed by atoms with Crippen molar-refractivity contribution in [1.82, 2.24) is 24.4 Å². The zero-order valence-corrected chi connectivity index (χ0v) is 16.3. The lowest BCUT2D eigenvalue weighted by Crippen LogP contribution is -2.50. The fraction of sp³-hybridized carbons (Fsp3) is 0.562. The Morgan fingerprint density at radius 3 is 2.67 bits per heavy atom. The smallest absolute Gasteiger partial charge is 0.422 e. The third-order valence-corrected chi connectivity index (χ3v) is 5.14. The van der Waals surface area contributed by atoms with Crippen LogP contribution in [0.1, 0.15) is 33.6 Å². The first-order chi connectivity index (χ1) is 12.6. The lowest BCUT2D eigenvalue weighted by molar-refractivity contribution is 0.0569. The molecule has 0 saturated carbocycles. The average Bonchev–Trinajstić information content (AvgIpc) is 3.01. The third-order valence-electron chi connectivity index (χ3n) is 4.07. The molecule has 0 spiro atoms. The second-order valence-electron chi connectivity index (χ2n) is 7.42. The molecule has 1 saturated heterocycles. The van der Waals surface area contributed by atoms with E-state index in [0.29, 0.717) is 25.9 Å². The molecule has 27 heavy (non-hydrogen) atoms. The molecule has 1 fully saturated rings. The predicted molar refractivity (Wildman–Crippen MR) is 101 cm³/mol. The van der Waals surface area contributed by atoms with Crippen LogP contribution in [0.25, 0.3) is 11.0 Å². The Bertz CT molecular complexity index is 912. The van der Waals surface area contributed by atoms with Crippen LogP contribution in [0, 0.1) is 0 Å². The van der Waals surface area contributed by atoms with Crippen molar-refractivity contribution in [1.29, 1.82) is 0 Å². The van der Waals surface area contributed by atoms with Crippen LogP contribution in [0.2, 0.25) is 0 Å². The summed E-state index contributed by atoms with van der Waals surface area (Å²) in [7, 11) is -3.98. The van der Waals surface area contributed by atoms with Gasteiger partial charge in [-0.2, -0.15) is 13.1 Å². The van der Waals surface area contributed by atoms with E-state index < -0.39 is 21.9 Å². The van der Waals surface area contributed by atoms with Crippen LogP contribution in [-0.2, 0) is 14.9 Å². The first-order valence-electron chi connectivity index (χ1n) is 8.69. The second kappa shape index (κ2) is 7.31. The summed E-state index contributed by atoms with van der Waals surface area (Å²) in [6.45, 7) is 6.26. The van der Waals surface area contributed by atoms with Crippen LogP contribution < -0.4 is 14.3 Å². The maximum absolute atomic E-state index is 12.1. The summed E-state index contributed by atoms with van der Waals surface area (Å²) in [5.74, 6) is 0.828.